The highest BCUT2D eigenvalue weighted by Gasteiger charge is 2.10. The van der Waals surface area contributed by atoms with E-state index < -0.39 is 11.9 Å². The molecule has 0 spiro atoms. The van der Waals surface area contributed by atoms with Crippen LogP contribution in [-0.2, 0) is 11.3 Å². The third-order valence-corrected chi connectivity index (χ3v) is 4.67. The highest BCUT2D eigenvalue weighted by molar-refractivity contribution is 9.10. The highest BCUT2D eigenvalue weighted by atomic mass is 79.9. The molecule has 1 amide bonds. The molecule has 0 saturated carbocycles. The van der Waals surface area contributed by atoms with Gasteiger partial charge in [-0.1, -0.05) is 58.4 Å². The first-order valence-corrected chi connectivity index (χ1v) is 9.86. The van der Waals surface area contributed by atoms with E-state index in [1.54, 1.807) is 48.5 Å². The van der Waals surface area contributed by atoms with Gasteiger partial charge in [0.25, 0.3) is 5.91 Å². The van der Waals surface area contributed by atoms with E-state index in [0.717, 1.165) is 10.0 Å². The fourth-order valence-corrected chi connectivity index (χ4v) is 2.84. The third-order valence-electron chi connectivity index (χ3n) is 4.14. The minimum Gasteiger partial charge on any atom is -0.423 e. The molecule has 148 valence electrons. The molecular formula is C24H17BrN2O3. The summed E-state index contributed by atoms with van der Waals surface area (Å²) in [6.45, 7) is 0.337. The van der Waals surface area contributed by atoms with Crippen LogP contribution in [0.3, 0.4) is 0 Å². The molecule has 0 bridgehead atoms. The Morgan fingerprint density at radius 2 is 1.63 bits per heavy atom. The summed E-state index contributed by atoms with van der Waals surface area (Å²) in [5, 5.41) is 12.0. The van der Waals surface area contributed by atoms with Gasteiger partial charge in [0.15, 0.2) is 0 Å². The molecule has 0 aliphatic heterocycles. The molecule has 0 unspecified atom stereocenters. The number of nitriles is 1. The topological polar surface area (TPSA) is 79.2 Å². The molecule has 0 aliphatic carbocycles. The van der Waals surface area contributed by atoms with E-state index in [1.165, 1.54) is 6.08 Å². The van der Waals surface area contributed by atoms with Crippen molar-refractivity contribution in [3.8, 4) is 11.8 Å². The summed E-state index contributed by atoms with van der Waals surface area (Å²) < 4.78 is 6.21. The minimum absolute atomic E-state index is 0.00876. The quantitative estimate of drug-likeness (QED) is 0.245. The number of carbonyl (C=O) groups is 2. The molecule has 0 fully saturated rings. The Morgan fingerprint density at radius 3 is 2.27 bits per heavy atom. The van der Waals surface area contributed by atoms with Crippen molar-refractivity contribution >= 4 is 33.9 Å². The molecule has 1 N–H and O–H groups in total. The van der Waals surface area contributed by atoms with Crippen LogP contribution in [0.5, 0.6) is 5.75 Å². The van der Waals surface area contributed by atoms with Gasteiger partial charge in [-0.25, -0.2) is 4.79 Å². The van der Waals surface area contributed by atoms with Crippen LogP contribution in [0.2, 0.25) is 0 Å². The average molecular weight is 461 g/mol. The van der Waals surface area contributed by atoms with Crippen LogP contribution in [-0.4, -0.2) is 11.9 Å². The van der Waals surface area contributed by atoms with Crippen molar-refractivity contribution in [2.75, 3.05) is 0 Å². The first-order chi connectivity index (χ1) is 14.5. The van der Waals surface area contributed by atoms with Crippen LogP contribution in [0.4, 0.5) is 0 Å². The monoisotopic (exact) mass is 460 g/mol. The normalized spacial score (nSPS) is 10.7. The Balaban J connectivity index is 1.63. The molecule has 3 aromatic rings. The number of nitrogens with zero attached hydrogens (tertiary/aromatic N) is 1. The lowest BCUT2D eigenvalue weighted by atomic mass is 10.1. The van der Waals surface area contributed by atoms with Gasteiger partial charge in [-0.3, -0.25) is 4.79 Å². The number of rotatable bonds is 6. The van der Waals surface area contributed by atoms with Crippen LogP contribution in [0, 0.1) is 11.3 Å². The molecule has 0 saturated heterocycles. The number of halogens is 1. The Bertz CT molecular complexity index is 1100. The van der Waals surface area contributed by atoms with Crippen molar-refractivity contribution in [1.29, 1.82) is 5.26 Å². The van der Waals surface area contributed by atoms with Crippen molar-refractivity contribution in [3.63, 3.8) is 0 Å². The molecule has 0 radical (unpaired) electrons. The lowest BCUT2D eigenvalue weighted by molar-refractivity contribution is -0.117. The first-order valence-electron chi connectivity index (χ1n) is 9.07. The molecule has 6 heteroatoms. The lowest BCUT2D eigenvalue weighted by Crippen LogP contribution is -2.23. The van der Waals surface area contributed by atoms with Crippen molar-refractivity contribution in [2.45, 2.75) is 6.54 Å². The smallest absolute Gasteiger partial charge is 0.343 e. The van der Waals surface area contributed by atoms with Crippen LogP contribution >= 0.6 is 15.9 Å². The van der Waals surface area contributed by atoms with E-state index in [1.807, 2.05) is 36.4 Å². The van der Waals surface area contributed by atoms with E-state index in [0.29, 0.717) is 23.4 Å². The zero-order valence-electron chi connectivity index (χ0n) is 15.8. The Hall–Kier alpha value is -3.69. The second-order valence-electron chi connectivity index (χ2n) is 6.30. The maximum Gasteiger partial charge on any atom is 0.343 e. The number of esters is 1. The SMILES string of the molecule is N#C/C(=C\c1ccc(OC(=O)c2ccc(Br)cc2)cc1)C(=O)NCc1ccccc1. The Kier molecular flexibility index (Phi) is 7.14. The van der Waals surface area contributed by atoms with Crippen LogP contribution < -0.4 is 10.1 Å². The zero-order chi connectivity index (χ0) is 21.3. The fourth-order valence-electron chi connectivity index (χ4n) is 2.57. The lowest BCUT2D eigenvalue weighted by Gasteiger charge is -2.06. The summed E-state index contributed by atoms with van der Waals surface area (Å²) in [5.74, 6) is -0.553. The van der Waals surface area contributed by atoms with Crippen molar-refractivity contribution in [3.05, 3.63) is 106 Å². The molecule has 0 heterocycles. The van der Waals surface area contributed by atoms with E-state index in [4.69, 9.17) is 4.74 Å². The summed E-state index contributed by atoms with van der Waals surface area (Å²) in [4.78, 5) is 24.4. The number of nitrogens with one attached hydrogen (secondary N) is 1. The molecule has 0 aromatic heterocycles. The first kappa shape index (κ1) is 21.0. The summed E-state index contributed by atoms with van der Waals surface area (Å²) >= 11 is 3.32. The fraction of sp³-hybridized carbons (Fsp3) is 0.0417. The van der Waals surface area contributed by atoms with Gasteiger partial charge >= 0.3 is 5.97 Å². The van der Waals surface area contributed by atoms with Gasteiger partial charge in [-0.05, 0) is 53.6 Å². The Morgan fingerprint density at radius 1 is 0.967 bits per heavy atom. The molecule has 3 aromatic carbocycles. The van der Waals surface area contributed by atoms with E-state index in [9.17, 15) is 14.9 Å². The number of ether oxygens (including phenoxy) is 1. The van der Waals surface area contributed by atoms with Crippen molar-refractivity contribution < 1.29 is 14.3 Å². The van der Waals surface area contributed by atoms with Gasteiger partial charge < -0.3 is 10.1 Å². The molecular weight excluding hydrogens is 444 g/mol. The number of carbonyl (C=O) groups excluding carboxylic acids is 2. The second kappa shape index (κ2) is 10.2. The van der Waals surface area contributed by atoms with Gasteiger partial charge in [0.1, 0.15) is 17.4 Å². The van der Waals surface area contributed by atoms with Crippen LogP contribution in [0.25, 0.3) is 6.08 Å². The average Bonchev–Trinajstić information content (AvgIpc) is 2.78. The standard InChI is InChI=1S/C24H17BrN2O3/c25-21-10-8-19(9-11-21)24(29)30-22-12-6-17(7-13-22)14-20(15-26)23(28)27-16-18-4-2-1-3-5-18/h1-14H,16H2,(H,27,28)/b20-14+. The highest BCUT2D eigenvalue weighted by Crippen LogP contribution is 2.17. The van der Waals surface area contributed by atoms with E-state index >= 15 is 0 Å². The minimum atomic E-state index is -0.469. The molecule has 3 rings (SSSR count). The van der Waals surface area contributed by atoms with Gasteiger partial charge in [0, 0.05) is 11.0 Å². The summed E-state index contributed by atoms with van der Waals surface area (Å²) in [7, 11) is 0. The van der Waals surface area contributed by atoms with Gasteiger partial charge in [-0.15, -0.1) is 0 Å². The number of benzene rings is 3. The van der Waals surface area contributed by atoms with Crippen molar-refractivity contribution in [2.24, 2.45) is 0 Å². The zero-order valence-corrected chi connectivity index (χ0v) is 17.4. The Labute approximate surface area is 182 Å². The predicted octanol–water partition coefficient (Wildman–Crippen LogP) is 4.89. The number of hydrogen-bond acceptors (Lipinski definition) is 4. The largest absolute Gasteiger partial charge is 0.423 e. The maximum atomic E-state index is 12.3. The number of amides is 1. The van der Waals surface area contributed by atoms with E-state index in [2.05, 4.69) is 21.2 Å². The molecule has 5 nitrogen and oxygen atoms in total. The second-order valence-corrected chi connectivity index (χ2v) is 7.22. The van der Waals surface area contributed by atoms with Crippen LogP contribution in [0.1, 0.15) is 21.5 Å². The van der Waals surface area contributed by atoms with Gasteiger partial charge in [0.05, 0.1) is 5.56 Å². The molecule has 0 atom stereocenters. The van der Waals surface area contributed by atoms with Gasteiger partial charge in [-0.2, -0.15) is 5.26 Å². The summed E-state index contributed by atoms with van der Waals surface area (Å²) in [5.41, 5.74) is 2.01. The predicted molar refractivity (Wildman–Crippen MR) is 117 cm³/mol. The van der Waals surface area contributed by atoms with Gasteiger partial charge in [0.2, 0.25) is 0 Å². The summed E-state index contributed by atoms with van der Waals surface area (Å²) in [6.07, 6.45) is 1.49. The maximum absolute atomic E-state index is 12.3. The third kappa shape index (κ3) is 5.90. The van der Waals surface area contributed by atoms with E-state index in [-0.39, 0.29) is 5.57 Å². The van der Waals surface area contributed by atoms with Crippen molar-refractivity contribution in [1.82, 2.24) is 5.32 Å². The van der Waals surface area contributed by atoms with Crippen LogP contribution in [0.15, 0.2) is 88.9 Å². The molecule has 0 aliphatic rings. The number of hydrogen-bond donors (Lipinski definition) is 1. The molecule has 30 heavy (non-hydrogen) atoms. The summed E-state index contributed by atoms with van der Waals surface area (Å²) in [6, 6.07) is 24.8.